The first kappa shape index (κ1) is 40.8. The molecule has 0 bridgehead atoms. The molecule has 1 aliphatic rings. The third kappa shape index (κ3) is 8.32. The predicted octanol–water partition coefficient (Wildman–Crippen LogP) is 6.72. The van der Waals surface area contributed by atoms with E-state index in [1.54, 1.807) is 21.1 Å². The molecule has 13 heteroatoms. The van der Waals surface area contributed by atoms with E-state index >= 15 is 0 Å². The fourth-order valence-corrected chi connectivity index (χ4v) is 10.6. The normalized spacial score (nSPS) is 19.9. The number of H-pyrrole nitrogens is 1. The Balaban J connectivity index is 1.67. The van der Waals surface area contributed by atoms with Crippen molar-refractivity contribution in [2.24, 2.45) is 0 Å². The Morgan fingerprint density at radius 3 is 2.00 bits per heavy atom. The first-order chi connectivity index (χ1) is 25.7. The van der Waals surface area contributed by atoms with Gasteiger partial charge in [0.25, 0.3) is 5.56 Å². The molecule has 288 valence electrons. The van der Waals surface area contributed by atoms with Gasteiger partial charge in [0.15, 0.2) is 0 Å². The minimum absolute atomic E-state index is 0.0569. The van der Waals surface area contributed by atoms with Gasteiger partial charge in [-0.25, -0.2) is 9.69 Å². The molecule has 0 radical (unpaired) electrons. The summed E-state index contributed by atoms with van der Waals surface area (Å²) in [5, 5.41) is 9.65. The minimum atomic E-state index is -3.46. The number of methoxy groups -OCH3 is 2. The number of nitriles is 1. The van der Waals surface area contributed by atoms with Crippen molar-refractivity contribution in [2.75, 3.05) is 27.0 Å². The lowest BCUT2D eigenvalue weighted by atomic mass is 9.80. The molecular weight excluding hydrogens is 707 g/mol. The number of nitrogens with one attached hydrogen (secondary N) is 1. The van der Waals surface area contributed by atoms with Crippen LogP contribution in [0.2, 0.25) is 0 Å². The summed E-state index contributed by atoms with van der Waals surface area (Å²) in [6.07, 6.45) is 0.0639. The van der Waals surface area contributed by atoms with Crippen LogP contribution in [-0.2, 0) is 19.6 Å². The number of hydrogen-bond acceptors (Lipinski definition) is 10. The highest BCUT2D eigenvalue weighted by atomic mass is 31.2. The van der Waals surface area contributed by atoms with Crippen LogP contribution in [-0.4, -0.2) is 69.9 Å². The predicted molar refractivity (Wildman–Crippen MR) is 209 cm³/mol. The van der Waals surface area contributed by atoms with Gasteiger partial charge in [-0.1, -0.05) is 54.6 Å². The lowest BCUT2D eigenvalue weighted by molar-refractivity contribution is -0.112. The average Bonchev–Trinajstić information content (AvgIpc) is 3.47. The Morgan fingerprint density at radius 2 is 1.50 bits per heavy atom. The number of nitrogens with zero attached hydrogens (tertiary/aromatic N) is 3. The van der Waals surface area contributed by atoms with E-state index in [0.29, 0.717) is 17.1 Å². The number of aromatic amines is 1. The van der Waals surface area contributed by atoms with Crippen LogP contribution in [0.4, 0.5) is 0 Å². The number of rotatable bonds is 16. The van der Waals surface area contributed by atoms with Crippen LogP contribution in [0.5, 0.6) is 11.5 Å². The summed E-state index contributed by atoms with van der Waals surface area (Å²) in [6.45, 7) is 11.4. The zero-order chi connectivity index (χ0) is 39.3. The number of aryl methyl sites for hydroxylation is 1. The molecule has 1 fully saturated rings. The van der Waals surface area contributed by atoms with Crippen LogP contribution in [0, 0.1) is 18.3 Å². The van der Waals surface area contributed by atoms with Gasteiger partial charge in [0.2, 0.25) is 0 Å². The molecule has 1 saturated heterocycles. The second-order valence-electron chi connectivity index (χ2n) is 14.3. The fourth-order valence-electron chi connectivity index (χ4n) is 7.47. The molecule has 5 rings (SSSR count). The zero-order valence-electron chi connectivity index (χ0n) is 32.3. The molecule has 12 nitrogen and oxygen atoms in total. The maximum atomic E-state index is 13.2. The van der Waals surface area contributed by atoms with Gasteiger partial charge in [-0.3, -0.25) is 14.3 Å². The Bertz CT molecular complexity index is 1960. The summed E-state index contributed by atoms with van der Waals surface area (Å²) in [7, 11) is -0.233. The van der Waals surface area contributed by atoms with Gasteiger partial charge >= 0.3 is 13.6 Å². The van der Waals surface area contributed by atoms with Crippen molar-refractivity contribution < 1.29 is 28.4 Å². The van der Waals surface area contributed by atoms with E-state index in [1.165, 1.54) is 10.8 Å². The topological polar surface area (TPSA) is 148 Å². The molecule has 0 saturated carbocycles. The van der Waals surface area contributed by atoms with E-state index in [0.717, 1.165) is 16.7 Å². The van der Waals surface area contributed by atoms with E-state index in [2.05, 4.69) is 11.1 Å². The first-order valence-corrected chi connectivity index (χ1v) is 19.9. The van der Waals surface area contributed by atoms with Gasteiger partial charge in [-0.2, -0.15) is 9.79 Å². The molecule has 1 aromatic heterocycles. The molecule has 0 aliphatic carbocycles. The summed E-state index contributed by atoms with van der Waals surface area (Å²) in [4.78, 5) is 40.5. The van der Waals surface area contributed by atoms with Gasteiger partial charge in [0.1, 0.15) is 41.2 Å². The quantitative estimate of drug-likeness (QED) is 0.0932. The number of ether oxygens (including phenoxy) is 4. The monoisotopic (exact) mass is 759 g/mol. The maximum Gasteiger partial charge on any atom is 0.347 e. The Hall–Kier alpha value is -4.34. The molecule has 1 aliphatic heterocycles. The van der Waals surface area contributed by atoms with E-state index in [4.69, 9.17) is 23.5 Å². The van der Waals surface area contributed by atoms with Crippen LogP contribution in [0.25, 0.3) is 0 Å². The molecule has 4 aromatic rings. The van der Waals surface area contributed by atoms with Crippen molar-refractivity contribution in [1.82, 2.24) is 14.2 Å². The maximum absolute atomic E-state index is 13.2. The lowest BCUT2D eigenvalue weighted by Crippen LogP contribution is -2.47. The van der Waals surface area contributed by atoms with Crippen molar-refractivity contribution in [3.63, 3.8) is 0 Å². The highest BCUT2D eigenvalue weighted by Crippen LogP contribution is 2.66. The summed E-state index contributed by atoms with van der Waals surface area (Å²) < 4.78 is 35.3. The van der Waals surface area contributed by atoms with E-state index < -0.39 is 42.7 Å². The zero-order valence-corrected chi connectivity index (χ0v) is 33.2. The van der Waals surface area contributed by atoms with Crippen LogP contribution in [0.1, 0.15) is 75.9 Å². The van der Waals surface area contributed by atoms with Crippen LogP contribution >= 0.6 is 7.87 Å². The van der Waals surface area contributed by atoms with Gasteiger partial charge in [0.05, 0.1) is 33.3 Å². The molecule has 4 atom stereocenters. The van der Waals surface area contributed by atoms with Crippen LogP contribution < -0.4 is 20.7 Å². The van der Waals surface area contributed by atoms with E-state index in [9.17, 15) is 19.7 Å². The Kier molecular flexibility index (Phi) is 12.8. The second kappa shape index (κ2) is 17.0. The summed E-state index contributed by atoms with van der Waals surface area (Å²) >= 11 is 0. The van der Waals surface area contributed by atoms with E-state index in [-0.39, 0.29) is 37.7 Å². The number of hydrogen-bond donors (Lipinski definition) is 2. The third-order valence-corrected chi connectivity index (χ3v) is 13.1. The molecule has 0 amide bonds. The van der Waals surface area contributed by atoms with Gasteiger partial charge < -0.3 is 18.9 Å². The highest BCUT2D eigenvalue weighted by molar-refractivity contribution is 7.63. The van der Waals surface area contributed by atoms with Gasteiger partial charge in [-0.05, 0) is 82.5 Å². The number of aromatic nitrogens is 2. The summed E-state index contributed by atoms with van der Waals surface area (Å²) in [5.41, 5.74) is -0.740. The largest absolute Gasteiger partial charge is 0.497 e. The number of benzene rings is 3. The average molecular weight is 760 g/mol. The van der Waals surface area contributed by atoms with Crippen molar-refractivity contribution in [3.05, 3.63) is 128 Å². The summed E-state index contributed by atoms with van der Waals surface area (Å²) in [6, 6.07) is 27.2. The minimum Gasteiger partial charge on any atom is -0.497 e. The third-order valence-electron chi connectivity index (χ3n) is 9.95. The molecular formula is C41H52N4O8P+. The molecule has 54 heavy (non-hydrogen) atoms. The first-order valence-electron chi connectivity index (χ1n) is 18.1. The Labute approximate surface area is 317 Å². The molecule has 0 spiro atoms. The second-order valence-corrected chi connectivity index (χ2v) is 16.8. The van der Waals surface area contributed by atoms with E-state index in [1.807, 2.05) is 118 Å². The van der Waals surface area contributed by atoms with Gasteiger partial charge in [0, 0.05) is 30.3 Å². The summed E-state index contributed by atoms with van der Waals surface area (Å²) in [5.74, 6) is 1.36. The SMILES string of the molecule is COc1ccc(C(OC[C@H]2O[C@@H](n3cc(C)c(=O)[nH]c3=O)C[C@]2(C)O[P+](O)(CCC#N)N(C(C)C)C(C)C)(c2ccccc2)c2ccc(OC)cc2)cc1. The van der Waals surface area contributed by atoms with Crippen molar-refractivity contribution in [2.45, 2.75) is 90.0 Å². The fraction of sp³-hybridized carbons (Fsp3) is 0.439. The standard InChI is InChI=1S/C41H51N4O8P/c1-28(2)45(29(3)4)54(48,24-12-23-42)53-40(6)25-37(44-26-30(5)38(46)43-39(44)47)52-36(40)27-51-41(31-13-10-9-11-14-31,32-15-19-34(49-7)20-16-32)33-17-21-35(50-8)22-18-33/h9-11,13-22,26,28-29,36-37,48H,12,24-25,27H2,1-8H3/p+1/t36-,37-,40+,54?/m1/s1. The van der Waals surface area contributed by atoms with Crippen LogP contribution in [0.15, 0.2) is 94.6 Å². The van der Waals surface area contributed by atoms with Crippen molar-refractivity contribution in [1.29, 1.82) is 5.26 Å². The van der Waals surface area contributed by atoms with Crippen molar-refractivity contribution in [3.8, 4) is 17.6 Å². The van der Waals surface area contributed by atoms with Crippen molar-refractivity contribution >= 4 is 7.87 Å². The molecule has 2 heterocycles. The van der Waals surface area contributed by atoms with Crippen LogP contribution in [0.3, 0.4) is 0 Å². The smallest absolute Gasteiger partial charge is 0.347 e. The highest BCUT2D eigenvalue weighted by Gasteiger charge is 2.60. The lowest BCUT2D eigenvalue weighted by Gasteiger charge is -2.41. The molecule has 1 unspecified atom stereocenters. The van der Waals surface area contributed by atoms with Gasteiger partial charge in [-0.15, -0.1) is 4.67 Å². The molecule has 3 aromatic carbocycles. The molecule has 2 N–H and O–H groups in total. The Morgan fingerprint density at radius 1 is 0.963 bits per heavy atom.